The summed E-state index contributed by atoms with van der Waals surface area (Å²) in [4.78, 5) is 26.2. The largest absolute Gasteiger partial charge is 0.489 e. The summed E-state index contributed by atoms with van der Waals surface area (Å²) in [5, 5.41) is 2.89. The number of nitrogens with one attached hydrogen (secondary N) is 1. The molecular formula is C22H28N2O3. The summed E-state index contributed by atoms with van der Waals surface area (Å²) in [7, 11) is 0. The van der Waals surface area contributed by atoms with E-state index in [-0.39, 0.29) is 17.9 Å². The van der Waals surface area contributed by atoms with Crippen molar-refractivity contribution < 1.29 is 14.3 Å². The predicted octanol–water partition coefficient (Wildman–Crippen LogP) is 3.87. The van der Waals surface area contributed by atoms with Crippen LogP contribution >= 0.6 is 0 Å². The van der Waals surface area contributed by atoms with Gasteiger partial charge < -0.3 is 15.0 Å². The molecule has 0 aliphatic rings. The Balaban J connectivity index is 2.06. The maximum Gasteiger partial charge on any atom is 0.251 e. The van der Waals surface area contributed by atoms with Crippen LogP contribution in [0.25, 0.3) is 0 Å². The van der Waals surface area contributed by atoms with Crippen LogP contribution in [0.1, 0.15) is 42.3 Å². The van der Waals surface area contributed by atoms with E-state index in [0.717, 1.165) is 11.1 Å². The molecule has 0 heterocycles. The van der Waals surface area contributed by atoms with Crippen molar-refractivity contribution in [1.82, 2.24) is 5.32 Å². The van der Waals surface area contributed by atoms with Gasteiger partial charge in [-0.25, -0.2) is 0 Å². The van der Waals surface area contributed by atoms with Gasteiger partial charge in [0.2, 0.25) is 5.91 Å². The van der Waals surface area contributed by atoms with Crippen LogP contribution < -0.4 is 15.0 Å². The van der Waals surface area contributed by atoms with E-state index in [9.17, 15) is 9.59 Å². The van der Waals surface area contributed by atoms with Crippen molar-refractivity contribution in [3.05, 3.63) is 59.2 Å². The summed E-state index contributed by atoms with van der Waals surface area (Å²) in [6, 6.07) is 13.1. The molecule has 0 bridgehead atoms. The summed E-state index contributed by atoms with van der Waals surface area (Å²) >= 11 is 0. The van der Waals surface area contributed by atoms with E-state index in [4.69, 9.17) is 4.74 Å². The molecule has 2 rings (SSSR count). The highest BCUT2D eigenvalue weighted by atomic mass is 16.5. The van der Waals surface area contributed by atoms with Gasteiger partial charge in [0.25, 0.3) is 5.91 Å². The van der Waals surface area contributed by atoms with Crippen LogP contribution in [0.15, 0.2) is 42.5 Å². The van der Waals surface area contributed by atoms with E-state index < -0.39 is 0 Å². The average molecular weight is 368 g/mol. The molecule has 2 aromatic carbocycles. The fourth-order valence-electron chi connectivity index (χ4n) is 2.75. The number of amides is 2. The van der Waals surface area contributed by atoms with Gasteiger partial charge in [-0.2, -0.15) is 0 Å². The summed E-state index contributed by atoms with van der Waals surface area (Å²) in [6.07, 6.45) is 0.00411. The third-order valence-electron chi connectivity index (χ3n) is 4.29. The molecule has 1 N–H and O–H groups in total. The molecule has 0 fully saturated rings. The fourth-order valence-corrected chi connectivity index (χ4v) is 2.75. The van der Waals surface area contributed by atoms with E-state index in [0.29, 0.717) is 30.1 Å². The van der Waals surface area contributed by atoms with Gasteiger partial charge >= 0.3 is 0 Å². The Kier molecular flexibility index (Phi) is 6.99. The number of carbonyl (C=O) groups is 2. The van der Waals surface area contributed by atoms with E-state index in [1.54, 1.807) is 4.90 Å². The number of ether oxygens (including phenoxy) is 1. The molecule has 0 atom stereocenters. The molecule has 0 radical (unpaired) electrons. The molecule has 0 aromatic heterocycles. The number of hydrogen-bond acceptors (Lipinski definition) is 3. The van der Waals surface area contributed by atoms with Crippen LogP contribution in [0.5, 0.6) is 5.75 Å². The Morgan fingerprint density at radius 2 is 1.78 bits per heavy atom. The first-order chi connectivity index (χ1) is 12.8. The lowest BCUT2D eigenvalue weighted by atomic mass is 10.1. The Morgan fingerprint density at radius 3 is 2.41 bits per heavy atom. The van der Waals surface area contributed by atoms with Crippen LogP contribution in [-0.4, -0.2) is 31.0 Å². The molecule has 0 unspecified atom stereocenters. The Hall–Kier alpha value is -2.82. The molecule has 144 valence electrons. The maximum atomic E-state index is 12.4. The monoisotopic (exact) mass is 368 g/mol. The third kappa shape index (κ3) is 5.58. The topological polar surface area (TPSA) is 58.6 Å². The first kappa shape index (κ1) is 20.5. The molecule has 2 amide bonds. The van der Waals surface area contributed by atoms with Gasteiger partial charge in [-0.1, -0.05) is 18.2 Å². The summed E-state index contributed by atoms with van der Waals surface area (Å²) in [5.74, 6) is 0.409. The van der Waals surface area contributed by atoms with Crippen molar-refractivity contribution in [2.45, 2.75) is 40.7 Å². The van der Waals surface area contributed by atoms with Crippen molar-refractivity contribution in [3.8, 4) is 5.75 Å². The first-order valence-corrected chi connectivity index (χ1v) is 9.19. The maximum absolute atomic E-state index is 12.4. The lowest BCUT2D eigenvalue weighted by Gasteiger charge is -2.25. The predicted molar refractivity (Wildman–Crippen MR) is 108 cm³/mol. The lowest BCUT2D eigenvalue weighted by molar-refractivity contribution is -0.116. The van der Waals surface area contributed by atoms with Crippen molar-refractivity contribution in [2.24, 2.45) is 0 Å². The number of carbonyl (C=O) groups excluding carboxylic acids is 2. The molecule has 5 heteroatoms. The van der Waals surface area contributed by atoms with Gasteiger partial charge in [0.15, 0.2) is 0 Å². The van der Waals surface area contributed by atoms with Crippen LogP contribution in [0.3, 0.4) is 0 Å². The average Bonchev–Trinajstić information content (AvgIpc) is 2.61. The molecule has 0 aliphatic carbocycles. The van der Waals surface area contributed by atoms with Crippen molar-refractivity contribution in [2.75, 3.05) is 18.0 Å². The highest BCUT2D eigenvalue weighted by Gasteiger charge is 2.17. The molecule has 0 saturated carbocycles. The van der Waals surface area contributed by atoms with Crippen molar-refractivity contribution in [3.63, 3.8) is 0 Å². The Morgan fingerprint density at radius 1 is 1.07 bits per heavy atom. The van der Waals surface area contributed by atoms with Gasteiger partial charge in [0.05, 0.1) is 11.8 Å². The molecule has 0 saturated heterocycles. The number of aryl methyl sites for hydroxylation is 2. The number of anilines is 1. The number of para-hydroxylation sites is 2. The number of nitrogens with zero attached hydrogens (tertiary/aromatic N) is 1. The minimum absolute atomic E-state index is 0.00411. The van der Waals surface area contributed by atoms with E-state index in [1.807, 2.05) is 70.2 Å². The quantitative estimate of drug-likeness (QED) is 0.807. The summed E-state index contributed by atoms with van der Waals surface area (Å²) in [6.45, 7) is 10.1. The van der Waals surface area contributed by atoms with Gasteiger partial charge in [-0.3, -0.25) is 9.59 Å². The summed E-state index contributed by atoms with van der Waals surface area (Å²) < 4.78 is 5.82. The SMILES string of the molecule is CC(=O)N(CCNC(=O)c1ccc(C)c(C)c1)c1ccccc1OC(C)C. The minimum atomic E-state index is -0.145. The number of benzene rings is 2. The van der Waals surface area contributed by atoms with Crippen LogP contribution in [0.4, 0.5) is 5.69 Å². The number of hydrogen-bond donors (Lipinski definition) is 1. The Labute approximate surface area is 161 Å². The lowest BCUT2D eigenvalue weighted by Crippen LogP contribution is -2.37. The zero-order chi connectivity index (χ0) is 20.0. The first-order valence-electron chi connectivity index (χ1n) is 9.19. The van der Waals surface area contributed by atoms with Gasteiger partial charge in [-0.15, -0.1) is 0 Å². The van der Waals surface area contributed by atoms with Crippen LogP contribution in [0.2, 0.25) is 0 Å². The highest BCUT2D eigenvalue weighted by molar-refractivity contribution is 5.95. The molecule has 0 aliphatic heterocycles. The second kappa shape index (κ2) is 9.21. The zero-order valence-corrected chi connectivity index (χ0v) is 16.7. The standard InChI is InChI=1S/C22H28N2O3/c1-15(2)27-21-9-7-6-8-20(21)24(18(5)25)13-12-23-22(26)19-11-10-16(3)17(4)14-19/h6-11,14-15H,12-13H2,1-5H3,(H,23,26). The Bertz CT molecular complexity index is 815. The second-order valence-corrected chi connectivity index (χ2v) is 6.86. The fraction of sp³-hybridized carbons (Fsp3) is 0.364. The van der Waals surface area contributed by atoms with Gasteiger partial charge in [0, 0.05) is 25.6 Å². The van der Waals surface area contributed by atoms with Crippen LogP contribution in [0, 0.1) is 13.8 Å². The van der Waals surface area contributed by atoms with Gasteiger partial charge in [0.1, 0.15) is 5.75 Å². The second-order valence-electron chi connectivity index (χ2n) is 6.86. The van der Waals surface area contributed by atoms with Crippen molar-refractivity contribution >= 4 is 17.5 Å². The molecule has 0 spiro atoms. The van der Waals surface area contributed by atoms with Gasteiger partial charge in [-0.05, 0) is 63.1 Å². The molecule has 27 heavy (non-hydrogen) atoms. The normalized spacial score (nSPS) is 10.6. The number of rotatable bonds is 7. The molecular weight excluding hydrogens is 340 g/mol. The van der Waals surface area contributed by atoms with E-state index in [1.165, 1.54) is 6.92 Å². The van der Waals surface area contributed by atoms with Crippen molar-refractivity contribution in [1.29, 1.82) is 0 Å². The van der Waals surface area contributed by atoms with E-state index in [2.05, 4.69) is 5.32 Å². The smallest absolute Gasteiger partial charge is 0.251 e. The minimum Gasteiger partial charge on any atom is -0.489 e. The molecule has 2 aromatic rings. The highest BCUT2D eigenvalue weighted by Crippen LogP contribution is 2.28. The third-order valence-corrected chi connectivity index (χ3v) is 4.29. The molecule has 5 nitrogen and oxygen atoms in total. The summed E-state index contributed by atoms with van der Waals surface area (Å²) in [5.41, 5.74) is 3.55. The van der Waals surface area contributed by atoms with E-state index >= 15 is 0 Å². The zero-order valence-electron chi connectivity index (χ0n) is 16.7. The van der Waals surface area contributed by atoms with Crippen LogP contribution in [-0.2, 0) is 4.79 Å².